The zero-order valence-electron chi connectivity index (χ0n) is 19.8. The van der Waals surface area contributed by atoms with Crippen LogP contribution in [0.2, 0.25) is 0 Å². The van der Waals surface area contributed by atoms with Crippen LogP contribution in [-0.2, 0) is 6.67 Å². The molecule has 1 fully saturated rings. The number of hydrogen-bond acceptors (Lipinski definition) is 7. The van der Waals surface area contributed by atoms with Crippen LogP contribution in [-0.4, -0.2) is 57.6 Å². The van der Waals surface area contributed by atoms with Crippen LogP contribution in [0.15, 0.2) is 43.0 Å². The molecule has 4 aromatic rings. The van der Waals surface area contributed by atoms with Gasteiger partial charge in [0.25, 0.3) is 5.91 Å². The molecule has 0 spiro atoms. The van der Waals surface area contributed by atoms with Crippen molar-refractivity contribution in [3.05, 3.63) is 60.2 Å². The standard InChI is InChI=1S/C25H24F2N6O3/c1-35-17-13-18(36-2)21(27)19(20(17)26)15-5-6-16(23-22(15)28-7-8-29-23)24(34)31-25-30-9-12-33(25)14-32-10-3-4-11-32/h5-9,12-13H,3-4,10-11,14H2,1-2H3,(H,30,31,34). The first-order valence-electron chi connectivity index (χ1n) is 11.4. The number of methoxy groups -OCH3 is 2. The topological polar surface area (TPSA) is 94.4 Å². The molecule has 3 heterocycles. The Hall–Kier alpha value is -4.12. The van der Waals surface area contributed by atoms with Crippen LogP contribution in [0.5, 0.6) is 11.5 Å². The zero-order valence-corrected chi connectivity index (χ0v) is 19.8. The van der Waals surface area contributed by atoms with E-state index in [2.05, 4.69) is 25.2 Å². The summed E-state index contributed by atoms with van der Waals surface area (Å²) in [5, 5.41) is 2.82. The zero-order chi connectivity index (χ0) is 25.2. The van der Waals surface area contributed by atoms with Gasteiger partial charge < -0.3 is 14.0 Å². The molecule has 1 aliphatic heterocycles. The van der Waals surface area contributed by atoms with Crippen LogP contribution >= 0.6 is 0 Å². The van der Waals surface area contributed by atoms with Crippen LogP contribution in [0.1, 0.15) is 23.2 Å². The molecule has 1 saturated heterocycles. The van der Waals surface area contributed by atoms with E-state index in [9.17, 15) is 4.79 Å². The van der Waals surface area contributed by atoms with Gasteiger partial charge in [0.15, 0.2) is 23.1 Å². The number of imidazole rings is 1. The highest BCUT2D eigenvalue weighted by atomic mass is 19.1. The van der Waals surface area contributed by atoms with Gasteiger partial charge in [-0.25, -0.2) is 13.8 Å². The Morgan fingerprint density at radius 2 is 1.64 bits per heavy atom. The summed E-state index contributed by atoms with van der Waals surface area (Å²) >= 11 is 0. The maximum absolute atomic E-state index is 15.2. The minimum Gasteiger partial charge on any atom is -0.494 e. The predicted molar refractivity (Wildman–Crippen MR) is 129 cm³/mol. The first kappa shape index (κ1) is 23.6. The summed E-state index contributed by atoms with van der Waals surface area (Å²) in [4.78, 5) is 28.4. The Bertz CT molecular complexity index is 1410. The van der Waals surface area contributed by atoms with Crippen LogP contribution in [0.25, 0.3) is 22.2 Å². The summed E-state index contributed by atoms with van der Waals surface area (Å²) in [7, 11) is 2.55. The number of ether oxygens (including phenoxy) is 2. The number of anilines is 1. The molecule has 9 nitrogen and oxygen atoms in total. The Kier molecular flexibility index (Phi) is 6.47. The van der Waals surface area contributed by atoms with E-state index in [4.69, 9.17) is 9.47 Å². The van der Waals surface area contributed by atoms with E-state index in [0.29, 0.717) is 12.6 Å². The number of hydrogen-bond donors (Lipinski definition) is 1. The number of benzene rings is 2. The van der Waals surface area contributed by atoms with Crippen molar-refractivity contribution in [3.8, 4) is 22.6 Å². The second kappa shape index (κ2) is 9.86. The molecule has 36 heavy (non-hydrogen) atoms. The molecular formula is C25H24F2N6O3. The highest BCUT2D eigenvalue weighted by molar-refractivity contribution is 6.13. The molecule has 1 amide bonds. The molecule has 5 rings (SSSR count). The van der Waals surface area contributed by atoms with E-state index < -0.39 is 17.5 Å². The second-order valence-corrected chi connectivity index (χ2v) is 8.34. The Morgan fingerprint density at radius 1 is 0.972 bits per heavy atom. The number of fused-ring (bicyclic) bond motifs is 1. The summed E-state index contributed by atoms with van der Waals surface area (Å²) in [6.07, 6.45) is 8.52. The molecule has 2 aromatic heterocycles. The van der Waals surface area contributed by atoms with Crippen LogP contribution in [0.3, 0.4) is 0 Å². The predicted octanol–water partition coefficient (Wildman–Crippen LogP) is 4.09. The van der Waals surface area contributed by atoms with Crippen molar-refractivity contribution in [2.75, 3.05) is 32.6 Å². The normalized spacial score (nSPS) is 13.8. The minimum absolute atomic E-state index is 0.109. The summed E-state index contributed by atoms with van der Waals surface area (Å²) in [5.41, 5.74) is 0.250. The maximum Gasteiger partial charge on any atom is 0.260 e. The third-order valence-electron chi connectivity index (χ3n) is 6.20. The van der Waals surface area contributed by atoms with Gasteiger partial charge in [-0.05, 0) is 32.0 Å². The lowest BCUT2D eigenvalue weighted by atomic mass is 9.99. The molecule has 2 aromatic carbocycles. The van der Waals surface area contributed by atoms with Gasteiger partial charge in [-0.3, -0.25) is 25.0 Å². The first-order chi connectivity index (χ1) is 17.5. The van der Waals surface area contributed by atoms with E-state index >= 15 is 8.78 Å². The fourth-order valence-corrected chi connectivity index (χ4v) is 4.42. The monoisotopic (exact) mass is 494 g/mol. The molecule has 0 aliphatic carbocycles. The van der Waals surface area contributed by atoms with E-state index in [-0.39, 0.29) is 39.2 Å². The van der Waals surface area contributed by atoms with Crippen molar-refractivity contribution in [2.45, 2.75) is 19.5 Å². The molecular weight excluding hydrogens is 470 g/mol. The molecule has 0 unspecified atom stereocenters. The Morgan fingerprint density at radius 3 is 2.31 bits per heavy atom. The number of aromatic nitrogens is 4. The molecule has 1 N–H and O–H groups in total. The molecule has 11 heteroatoms. The van der Waals surface area contributed by atoms with Crippen molar-refractivity contribution in [1.82, 2.24) is 24.4 Å². The highest BCUT2D eigenvalue weighted by Crippen LogP contribution is 2.40. The molecule has 0 saturated carbocycles. The van der Waals surface area contributed by atoms with Crippen molar-refractivity contribution in [3.63, 3.8) is 0 Å². The average Bonchev–Trinajstić information content (AvgIpc) is 3.57. The first-order valence-corrected chi connectivity index (χ1v) is 11.4. The largest absolute Gasteiger partial charge is 0.494 e. The van der Waals surface area contributed by atoms with Crippen LogP contribution in [0, 0.1) is 11.6 Å². The van der Waals surface area contributed by atoms with E-state index in [0.717, 1.165) is 32.0 Å². The summed E-state index contributed by atoms with van der Waals surface area (Å²) in [6.45, 7) is 2.61. The molecule has 0 bridgehead atoms. The summed E-state index contributed by atoms with van der Waals surface area (Å²) in [6, 6.07) is 4.03. The van der Waals surface area contributed by atoms with Gasteiger partial charge in [-0.1, -0.05) is 6.07 Å². The molecule has 0 atom stereocenters. The SMILES string of the molecule is COc1cc(OC)c(F)c(-c2ccc(C(=O)Nc3nccn3CN3CCCC3)c3nccnc23)c1F. The van der Waals surface area contributed by atoms with E-state index in [1.807, 2.05) is 4.57 Å². The Labute approximate surface area is 205 Å². The van der Waals surface area contributed by atoms with Gasteiger partial charge in [-0.15, -0.1) is 0 Å². The van der Waals surface area contributed by atoms with Gasteiger partial charge in [0.2, 0.25) is 5.95 Å². The summed E-state index contributed by atoms with van der Waals surface area (Å²) < 4.78 is 42.4. The lowest BCUT2D eigenvalue weighted by Gasteiger charge is -2.17. The molecule has 0 radical (unpaired) electrons. The molecule has 186 valence electrons. The number of halogens is 2. The Balaban J connectivity index is 1.54. The lowest BCUT2D eigenvalue weighted by molar-refractivity contribution is 0.102. The number of nitrogens with zero attached hydrogens (tertiary/aromatic N) is 5. The van der Waals surface area contributed by atoms with Gasteiger partial charge in [0, 0.05) is 36.4 Å². The molecule has 1 aliphatic rings. The van der Waals surface area contributed by atoms with Crippen LogP contribution in [0.4, 0.5) is 14.7 Å². The number of carbonyl (C=O) groups excluding carboxylic acids is 1. The van der Waals surface area contributed by atoms with E-state index in [1.165, 1.54) is 38.7 Å². The average molecular weight is 495 g/mol. The fraction of sp³-hybridized carbons (Fsp3) is 0.280. The van der Waals surface area contributed by atoms with Gasteiger partial charge >= 0.3 is 0 Å². The second-order valence-electron chi connectivity index (χ2n) is 8.34. The fourth-order valence-electron chi connectivity index (χ4n) is 4.42. The number of nitrogens with one attached hydrogen (secondary N) is 1. The number of carbonyl (C=O) groups is 1. The van der Waals surface area contributed by atoms with Crippen molar-refractivity contribution < 1.29 is 23.0 Å². The number of rotatable bonds is 7. The van der Waals surface area contributed by atoms with Crippen molar-refractivity contribution in [1.29, 1.82) is 0 Å². The van der Waals surface area contributed by atoms with Gasteiger partial charge in [0.1, 0.15) is 5.52 Å². The lowest BCUT2D eigenvalue weighted by Crippen LogP contribution is -2.25. The van der Waals surface area contributed by atoms with Crippen LogP contribution < -0.4 is 14.8 Å². The summed E-state index contributed by atoms with van der Waals surface area (Å²) in [5.74, 6) is -2.28. The van der Waals surface area contributed by atoms with Gasteiger partial charge in [0.05, 0.1) is 37.5 Å². The third kappa shape index (κ3) is 4.22. The highest BCUT2D eigenvalue weighted by Gasteiger charge is 2.25. The smallest absolute Gasteiger partial charge is 0.260 e. The quantitative estimate of drug-likeness (QED) is 0.414. The number of likely N-dealkylation sites (tertiary alicyclic amines) is 1. The van der Waals surface area contributed by atoms with Crippen molar-refractivity contribution >= 4 is 22.9 Å². The number of amides is 1. The third-order valence-corrected chi connectivity index (χ3v) is 6.20. The van der Waals surface area contributed by atoms with Gasteiger partial charge in [-0.2, -0.15) is 0 Å². The maximum atomic E-state index is 15.2. The minimum atomic E-state index is -0.913. The van der Waals surface area contributed by atoms with E-state index in [1.54, 1.807) is 12.4 Å². The van der Waals surface area contributed by atoms with Crippen molar-refractivity contribution in [2.24, 2.45) is 0 Å².